The molecule has 10 nitrogen and oxygen atoms in total. The first-order valence-electron chi connectivity index (χ1n) is 6.66. The summed E-state index contributed by atoms with van der Waals surface area (Å²) in [6, 6.07) is -1.31. The van der Waals surface area contributed by atoms with Gasteiger partial charge >= 0.3 is 5.69 Å². The molecule has 1 aliphatic heterocycles. The van der Waals surface area contributed by atoms with E-state index in [2.05, 4.69) is 5.32 Å². The van der Waals surface area contributed by atoms with Crippen molar-refractivity contribution in [1.82, 2.24) is 14.9 Å². The number of nitrogens with one attached hydrogen (secondary N) is 2. The highest BCUT2D eigenvalue weighted by atomic mass is 19.1. The van der Waals surface area contributed by atoms with Gasteiger partial charge in [-0.15, -0.1) is 0 Å². The number of rotatable bonds is 3. The number of aliphatic hydroxyl groups is 3. The summed E-state index contributed by atoms with van der Waals surface area (Å²) in [7, 11) is 0. The third-order valence-corrected chi connectivity index (χ3v) is 3.47. The summed E-state index contributed by atoms with van der Waals surface area (Å²) in [6.07, 6.45) is -5.32. The highest BCUT2D eigenvalue weighted by molar-refractivity contribution is 5.73. The number of nitrogens with zero attached hydrogens (tertiary/aromatic N) is 1. The maximum absolute atomic E-state index is 13.4. The van der Waals surface area contributed by atoms with Gasteiger partial charge in [-0.1, -0.05) is 0 Å². The van der Waals surface area contributed by atoms with E-state index in [-0.39, 0.29) is 0 Å². The van der Waals surface area contributed by atoms with E-state index in [0.717, 1.165) is 6.92 Å². The zero-order chi connectivity index (χ0) is 17.3. The monoisotopic (exact) mass is 333 g/mol. The molecule has 5 N–H and O–H groups in total. The molecule has 0 spiro atoms. The summed E-state index contributed by atoms with van der Waals surface area (Å²) in [5, 5.41) is 31.4. The average Bonchev–Trinajstić information content (AvgIpc) is 2.48. The van der Waals surface area contributed by atoms with E-state index in [9.17, 15) is 34.1 Å². The average molecular weight is 333 g/mol. The van der Waals surface area contributed by atoms with Crippen LogP contribution in [0, 0.1) is 5.82 Å². The Kier molecular flexibility index (Phi) is 4.94. The van der Waals surface area contributed by atoms with Gasteiger partial charge in [0.05, 0.1) is 12.8 Å². The third kappa shape index (κ3) is 3.32. The smallest absolute Gasteiger partial charge is 0.330 e. The fourth-order valence-electron chi connectivity index (χ4n) is 2.38. The van der Waals surface area contributed by atoms with Gasteiger partial charge in [0.15, 0.2) is 6.23 Å². The molecule has 0 unspecified atom stereocenters. The van der Waals surface area contributed by atoms with E-state index in [1.54, 1.807) is 4.98 Å². The minimum Gasteiger partial charge on any atom is -0.394 e. The van der Waals surface area contributed by atoms with Crippen LogP contribution in [0.25, 0.3) is 0 Å². The van der Waals surface area contributed by atoms with Crippen LogP contribution in [0.4, 0.5) is 4.39 Å². The molecule has 1 aromatic rings. The lowest BCUT2D eigenvalue weighted by atomic mass is 9.96. The fourth-order valence-corrected chi connectivity index (χ4v) is 2.38. The van der Waals surface area contributed by atoms with Gasteiger partial charge in [-0.05, 0) is 0 Å². The van der Waals surface area contributed by atoms with Crippen molar-refractivity contribution in [3.05, 3.63) is 32.9 Å². The van der Waals surface area contributed by atoms with Gasteiger partial charge in [-0.2, -0.15) is 4.39 Å². The number of aromatic nitrogens is 2. The highest BCUT2D eigenvalue weighted by Gasteiger charge is 2.45. The molecule has 1 saturated heterocycles. The van der Waals surface area contributed by atoms with Crippen molar-refractivity contribution in [3.63, 3.8) is 0 Å². The lowest BCUT2D eigenvalue weighted by Gasteiger charge is -2.42. The Bertz CT molecular complexity index is 703. The molecule has 1 aromatic heterocycles. The van der Waals surface area contributed by atoms with Crippen LogP contribution in [0.15, 0.2) is 15.8 Å². The van der Waals surface area contributed by atoms with Crippen molar-refractivity contribution in [2.75, 3.05) is 6.61 Å². The molecule has 0 radical (unpaired) electrons. The number of ether oxygens (including phenoxy) is 1. The van der Waals surface area contributed by atoms with Crippen LogP contribution < -0.4 is 16.6 Å². The number of halogens is 1. The first-order chi connectivity index (χ1) is 10.8. The van der Waals surface area contributed by atoms with E-state index in [1.165, 1.54) is 0 Å². The molecular formula is C12H16FN3O7. The zero-order valence-electron chi connectivity index (χ0n) is 12.0. The van der Waals surface area contributed by atoms with Crippen molar-refractivity contribution in [2.24, 2.45) is 0 Å². The lowest BCUT2D eigenvalue weighted by Crippen LogP contribution is -2.63. The molecule has 0 aliphatic carbocycles. The largest absolute Gasteiger partial charge is 0.394 e. The topological polar surface area (TPSA) is 154 Å². The van der Waals surface area contributed by atoms with E-state index in [1.807, 2.05) is 0 Å². The third-order valence-electron chi connectivity index (χ3n) is 3.47. The second-order valence-corrected chi connectivity index (χ2v) is 5.10. The molecule has 0 bridgehead atoms. The first-order valence-corrected chi connectivity index (χ1v) is 6.66. The van der Waals surface area contributed by atoms with Crippen LogP contribution in [-0.2, 0) is 9.53 Å². The summed E-state index contributed by atoms with van der Waals surface area (Å²) in [5.74, 6) is -1.88. The van der Waals surface area contributed by atoms with Gasteiger partial charge in [0.25, 0.3) is 5.56 Å². The first kappa shape index (κ1) is 17.3. The summed E-state index contributed by atoms with van der Waals surface area (Å²) in [6.45, 7) is 0.437. The highest BCUT2D eigenvalue weighted by Crippen LogP contribution is 2.27. The minimum atomic E-state index is -1.60. The number of aromatic amines is 1. The van der Waals surface area contributed by atoms with Gasteiger partial charge in [-0.25, -0.2) is 4.79 Å². The van der Waals surface area contributed by atoms with Crippen molar-refractivity contribution in [3.8, 4) is 0 Å². The Labute approximate surface area is 128 Å². The number of carbonyl (C=O) groups excluding carboxylic acids is 1. The maximum Gasteiger partial charge on any atom is 0.330 e. The van der Waals surface area contributed by atoms with Gasteiger partial charge < -0.3 is 25.4 Å². The number of carbonyl (C=O) groups is 1. The number of hydrogen-bond acceptors (Lipinski definition) is 7. The molecule has 2 heterocycles. The van der Waals surface area contributed by atoms with Crippen molar-refractivity contribution < 1.29 is 29.2 Å². The lowest BCUT2D eigenvalue weighted by molar-refractivity contribution is -0.217. The van der Waals surface area contributed by atoms with E-state index in [0.29, 0.717) is 10.8 Å². The molecular weight excluding hydrogens is 317 g/mol. The predicted octanol–water partition coefficient (Wildman–Crippen LogP) is -3.21. The molecule has 23 heavy (non-hydrogen) atoms. The predicted molar refractivity (Wildman–Crippen MR) is 71.9 cm³/mol. The van der Waals surface area contributed by atoms with E-state index in [4.69, 9.17) is 4.74 Å². The summed E-state index contributed by atoms with van der Waals surface area (Å²) in [5.41, 5.74) is -2.28. The molecule has 1 amide bonds. The Morgan fingerprint density at radius 3 is 2.65 bits per heavy atom. The quantitative estimate of drug-likeness (QED) is 0.390. The van der Waals surface area contributed by atoms with Crippen molar-refractivity contribution in [1.29, 1.82) is 0 Å². The fraction of sp³-hybridized carbons (Fsp3) is 0.583. The van der Waals surface area contributed by atoms with E-state index >= 15 is 0 Å². The van der Waals surface area contributed by atoms with Crippen LogP contribution in [0.1, 0.15) is 13.2 Å². The number of hydrogen-bond donors (Lipinski definition) is 5. The minimum absolute atomic E-state index is 0.555. The summed E-state index contributed by atoms with van der Waals surface area (Å²) < 4.78 is 19.4. The second-order valence-electron chi connectivity index (χ2n) is 5.10. The second kappa shape index (κ2) is 6.58. The van der Waals surface area contributed by atoms with Crippen LogP contribution in [0.5, 0.6) is 0 Å². The molecule has 5 atom stereocenters. The zero-order valence-corrected chi connectivity index (χ0v) is 12.0. The van der Waals surface area contributed by atoms with Gasteiger partial charge in [0.1, 0.15) is 24.4 Å². The Morgan fingerprint density at radius 2 is 2.09 bits per heavy atom. The molecule has 0 aromatic carbocycles. The van der Waals surface area contributed by atoms with E-state index < -0.39 is 60.2 Å². The number of aliphatic hydroxyl groups excluding tert-OH is 3. The van der Waals surface area contributed by atoms with Crippen LogP contribution in [0.3, 0.4) is 0 Å². The van der Waals surface area contributed by atoms with Crippen molar-refractivity contribution >= 4 is 5.91 Å². The molecule has 2 rings (SSSR count). The van der Waals surface area contributed by atoms with Crippen LogP contribution in [-0.4, -0.2) is 61.7 Å². The molecule has 1 aliphatic rings. The number of amides is 1. The van der Waals surface area contributed by atoms with Gasteiger partial charge in [0.2, 0.25) is 11.7 Å². The summed E-state index contributed by atoms with van der Waals surface area (Å²) >= 11 is 0. The van der Waals surface area contributed by atoms with Gasteiger partial charge in [0, 0.05) is 6.92 Å². The Hall–Kier alpha value is -2.08. The van der Waals surface area contributed by atoms with Gasteiger partial charge in [-0.3, -0.25) is 19.1 Å². The molecule has 128 valence electrons. The standard InChI is InChI=1S/C12H16FN3O7/c1-4(18)14-7-9(20)8(19)6(3-17)23-11(7)16-2-5(13)10(21)15-12(16)22/h2,6-9,11,17,19-20H,3H2,1H3,(H,14,18)(H,15,21,22)/t6-,7+,8+,9-,11-/m1/s1. The van der Waals surface area contributed by atoms with Crippen LogP contribution >= 0.6 is 0 Å². The molecule has 1 fully saturated rings. The van der Waals surface area contributed by atoms with Crippen LogP contribution in [0.2, 0.25) is 0 Å². The number of H-pyrrole nitrogens is 1. The normalized spacial score (nSPS) is 30.9. The molecule has 0 saturated carbocycles. The molecule has 11 heteroatoms. The SMILES string of the molecule is CC(=O)N[C@H]1[C@@H](O)[C@@H](O)[C@@H](CO)O[C@H]1n1cc(F)c(=O)[nH]c1=O. The maximum atomic E-state index is 13.4. The Balaban J connectivity index is 2.50. The van der Waals surface area contributed by atoms with Crippen molar-refractivity contribution in [2.45, 2.75) is 37.5 Å². The summed E-state index contributed by atoms with van der Waals surface area (Å²) in [4.78, 5) is 35.9. The Morgan fingerprint density at radius 1 is 1.43 bits per heavy atom.